The Labute approximate surface area is 106 Å². The molecule has 0 aromatic heterocycles. The lowest BCUT2D eigenvalue weighted by molar-refractivity contribution is 1.42. The van der Waals surface area contributed by atoms with Crippen LogP contribution in [0.15, 0.2) is 77.0 Å². The number of aliphatic imine (C=N–C) groups is 2. The molecule has 1 heterocycles. The highest BCUT2D eigenvalue weighted by Gasteiger charge is 2.10. The normalized spacial score (nSPS) is 19.9. The van der Waals surface area contributed by atoms with Gasteiger partial charge in [-0.25, -0.2) is 0 Å². The molecule has 3 rings (SSSR count). The zero-order valence-electron chi connectivity index (χ0n) is 9.82. The maximum absolute atomic E-state index is 4.52. The Morgan fingerprint density at radius 3 is 2.39 bits per heavy atom. The monoisotopic (exact) mass is 232 g/mol. The third-order valence-corrected chi connectivity index (χ3v) is 2.83. The average molecular weight is 232 g/mol. The molecule has 0 amide bonds. The highest BCUT2D eigenvalue weighted by atomic mass is 14.8. The van der Waals surface area contributed by atoms with Gasteiger partial charge in [0.1, 0.15) is 0 Å². The summed E-state index contributed by atoms with van der Waals surface area (Å²) in [6, 6.07) is 18.4. The van der Waals surface area contributed by atoms with Crippen molar-refractivity contribution >= 4 is 11.9 Å². The Kier molecular flexibility index (Phi) is 2.84. The van der Waals surface area contributed by atoms with E-state index in [-0.39, 0.29) is 0 Å². The van der Waals surface area contributed by atoms with Crippen molar-refractivity contribution in [1.82, 2.24) is 0 Å². The van der Waals surface area contributed by atoms with Crippen molar-refractivity contribution in [3.63, 3.8) is 0 Å². The average Bonchev–Trinajstić information content (AvgIpc) is 2.41. The molecule has 0 unspecified atom stereocenters. The summed E-state index contributed by atoms with van der Waals surface area (Å²) in [7, 11) is 0. The predicted molar refractivity (Wildman–Crippen MR) is 75.3 cm³/mol. The van der Waals surface area contributed by atoms with Gasteiger partial charge in [0.15, 0.2) is 0 Å². The molecule has 2 aromatic rings. The molecule has 0 radical (unpaired) electrons. The minimum atomic E-state index is 0.980. The van der Waals surface area contributed by atoms with Crippen LogP contribution < -0.4 is 0 Å². The Bertz CT molecular complexity index is 637. The van der Waals surface area contributed by atoms with Gasteiger partial charge in [0.2, 0.25) is 0 Å². The number of benzene rings is 2. The van der Waals surface area contributed by atoms with Crippen molar-refractivity contribution in [2.24, 2.45) is 9.98 Å². The molecule has 2 aromatic carbocycles. The van der Waals surface area contributed by atoms with Gasteiger partial charge in [0.25, 0.3) is 0 Å². The molecule has 0 spiro atoms. The second-order valence-corrected chi connectivity index (χ2v) is 4.01. The van der Waals surface area contributed by atoms with E-state index in [0.717, 1.165) is 22.4 Å². The third kappa shape index (κ3) is 2.00. The molecule has 0 fully saturated rings. The van der Waals surface area contributed by atoms with E-state index in [1.54, 1.807) is 12.4 Å². The Morgan fingerprint density at radius 2 is 1.50 bits per heavy atom. The largest absolute Gasteiger partial charge is 0.262 e. The number of hydrogen-bond donors (Lipinski definition) is 0. The van der Waals surface area contributed by atoms with Gasteiger partial charge in [-0.15, -0.1) is 0 Å². The van der Waals surface area contributed by atoms with Gasteiger partial charge in [0.05, 0.1) is 5.71 Å². The van der Waals surface area contributed by atoms with E-state index < -0.39 is 0 Å². The van der Waals surface area contributed by atoms with Crippen molar-refractivity contribution in [1.29, 1.82) is 0 Å². The first-order chi connectivity index (χ1) is 8.95. The van der Waals surface area contributed by atoms with Crippen LogP contribution >= 0.6 is 0 Å². The molecule has 2 nitrogen and oxygen atoms in total. The van der Waals surface area contributed by atoms with Gasteiger partial charge in [-0.3, -0.25) is 9.98 Å². The lowest BCUT2D eigenvalue weighted by Crippen LogP contribution is -2.07. The molecule has 18 heavy (non-hydrogen) atoms. The Morgan fingerprint density at radius 1 is 0.722 bits per heavy atom. The van der Waals surface area contributed by atoms with E-state index in [2.05, 4.69) is 34.3 Å². The molecule has 1 aliphatic heterocycles. The van der Waals surface area contributed by atoms with Crippen LogP contribution in [0, 0.1) is 0 Å². The van der Waals surface area contributed by atoms with Crippen LogP contribution in [0.1, 0.15) is 16.7 Å². The third-order valence-electron chi connectivity index (χ3n) is 2.83. The smallest absolute Gasteiger partial charge is 0.0781 e. The highest BCUT2D eigenvalue weighted by molar-refractivity contribution is 6.16. The summed E-state index contributed by atoms with van der Waals surface area (Å²) < 4.78 is 0. The predicted octanol–water partition coefficient (Wildman–Crippen LogP) is 3.43. The van der Waals surface area contributed by atoms with Crippen LogP contribution in [0.4, 0.5) is 0 Å². The van der Waals surface area contributed by atoms with Gasteiger partial charge in [-0.1, -0.05) is 54.6 Å². The molecule has 0 bridgehead atoms. The van der Waals surface area contributed by atoms with Crippen LogP contribution in [-0.4, -0.2) is 11.9 Å². The van der Waals surface area contributed by atoms with Crippen LogP contribution in [0.25, 0.3) is 0 Å². The Hall–Kier alpha value is -2.48. The molecular weight excluding hydrogens is 220 g/mol. The van der Waals surface area contributed by atoms with Crippen LogP contribution in [0.5, 0.6) is 0 Å². The molecule has 86 valence electrons. The van der Waals surface area contributed by atoms with E-state index in [1.807, 2.05) is 36.5 Å². The van der Waals surface area contributed by atoms with E-state index in [0.29, 0.717) is 0 Å². The fraction of sp³-hybridized carbons (Fsp3) is 0. The first-order valence-corrected chi connectivity index (χ1v) is 5.86. The lowest BCUT2D eigenvalue weighted by atomic mass is 9.98. The summed E-state index contributed by atoms with van der Waals surface area (Å²) in [4.78, 5) is 8.70. The van der Waals surface area contributed by atoms with Crippen molar-refractivity contribution in [3.05, 3.63) is 83.7 Å². The maximum Gasteiger partial charge on any atom is 0.0781 e. The van der Waals surface area contributed by atoms with Gasteiger partial charge >= 0.3 is 0 Å². The zero-order valence-corrected chi connectivity index (χ0v) is 9.82. The number of fused-ring (bicyclic) bond motifs is 1. The molecule has 0 saturated carbocycles. The molecule has 2 heteroatoms. The molecule has 0 atom stereocenters. The van der Waals surface area contributed by atoms with E-state index >= 15 is 0 Å². The van der Waals surface area contributed by atoms with Gasteiger partial charge in [-0.05, 0) is 0 Å². The van der Waals surface area contributed by atoms with Gasteiger partial charge < -0.3 is 0 Å². The first-order valence-electron chi connectivity index (χ1n) is 5.86. The molecule has 0 N–H and O–H groups in total. The number of rotatable bonds is 1. The maximum atomic E-state index is 4.52. The summed E-state index contributed by atoms with van der Waals surface area (Å²) in [5, 5.41) is 0. The van der Waals surface area contributed by atoms with Gasteiger partial charge in [-0.2, -0.15) is 0 Å². The summed E-state index contributed by atoms with van der Waals surface area (Å²) in [5.74, 6) is 0. The molecule has 1 aliphatic rings. The summed E-state index contributed by atoms with van der Waals surface area (Å²) >= 11 is 0. The van der Waals surface area contributed by atoms with E-state index in [4.69, 9.17) is 0 Å². The lowest BCUT2D eigenvalue weighted by Gasteiger charge is -2.10. The fourth-order valence-corrected chi connectivity index (χ4v) is 1.99. The minimum Gasteiger partial charge on any atom is -0.262 e. The quantitative estimate of drug-likeness (QED) is 0.719. The standard InChI is InChI=1S/C16H12N2/c1-2-6-13(7-3-1)16-15-9-5-4-8-14(15)12-17-10-11-18-16/h1-12H/b11-10-,14-12?,16-15?,17-10?,17-12-,18-11?,18-16-. The van der Waals surface area contributed by atoms with E-state index in [1.165, 1.54) is 0 Å². The second kappa shape index (κ2) is 4.80. The zero-order chi connectivity index (χ0) is 12.2. The first kappa shape index (κ1) is 10.7. The second-order valence-electron chi connectivity index (χ2n) is 4.01. The topological polar surface area (TPSA) is 24.7 Å². The molecular formula is C16H12N2. The fourth-order valence-electron chi connectivity index (χ4n) is 1.99. The van der Waals surface area contributed by atoms with Crippen molar-refractivity contribution in [2.75, 3.05) is 0 Å². The summed E-state index contributed by atoms with van der Waals surface area (Å²) in [5.41, 5.74) is 4.29. The highest BCUT2D eigenvalue weighted by Crippen LogP contribution is 2.16. The SMILES string of the molecule is C1=C\N=C(\c2ccccc2)c2ccccc2\C=N/1. The van der Waals surface area contributed by atoms with Crippen LogP contribution in [-0.2, 0) is 0 Å². The number of nitrogens with zero attached hydrogens (tertiary/aromatic N) is 2. The van der Waals surface area contributed by atoms with Crippen LogP contribution in [0.2, 0.25) is 0 Å². The van der Waals surface area contributed by atoms with Crippen molar-refractivity contribution in [2.45, 2.75) is 0 Å². The Balaban J connectivity index is 2.20. The van der Waals surface area contributed by atoms with Crippen LogP contribution in [0.3, 0.4) is 0 Å². The van der Waals surface area contributed by atoms with E-state index in [9.17, 15) is 0 Å². The van der Waals surface area contributed by atoms with Gasteiger partial charge in [0, 0.05) is 35.3 Å². The minimum absolute atomic E-state index is 0.980. The summed E-state index contributed by atoms with van der Waals surface area (Å²) in [6.45, 7) is 0. The number of hydrogen-bond acceptors (Lipinski definition) is 2. The summed E-state index contributed by atoms with van der Waals surface area (Å²) in [6.07, 6.45) is 5.30. The molecule has 0 aliphatic carbocycles. The van der Waals surface area contributed by atoms with Crippen molar-refractivity contribution in [3.8, 4) is 0 Å². The molecule has 0 saturated heterocycles. The van der Waals surface area contributed by atoms with Crippen molar-refractivity contribution < 1.29 is 0 Å².